The van der Waals surface area contributed by atoms with Crippen LogP contribution >= 0.6 is 0 Å². The number of aliphatic carboxylic acids is 1. The van der Waals surface area contributed by atoms with E-state index in [2.05, 4.69) is 0 Å². The fourth-order valence-corrected chi connectivity index (χ4v) is 1.33. The maximum atomic E-state index is 11.9. The predicted octanol–water partition coefficient (Wildman–Crippen LogP) is 1.25. The first-order valence-corrected chi connectivity index (χ1v) is 5.14. The molecule has 5 nitrogen and oxygen atoms in total. The molecule has 0 aromatic heterocycles. The highest BCUT2D eigenvalue weighted by atomic mass is 16.4. The van der Waals surface area contributed by atoms with Crippen molar-refractivity contribution in [3.05, 3.63) is 29.3 Å². The molecule has 17 heavy (non-hydrogen) atoms. The summed E-state index contributed by atoms with van der Waals surface area (Å²) in [6.07, 6.45) is 0. The topological polar surface area (TPSA) is 77.8 Å². The predicted molar refractivity (Wildman–Crippen MR) is 62.0 cm³/mol. The van der Waals surface area contributed by atoms with E-state index >= 15 is 0 Å². The first-order chi connectivity index (χ1) is 7.84. The zero-order valence-corrected chi connectivity index (χ0v) is 9.97. The number of benzene rings is 1. The average molecular weight is 237 g/mol. The minimum atomic E-state index is -1.06. The zero-order valence-electron chi connectivity index (χ0n) is 9.97. The second kappa shape index (κ2) is 4.86. The molecule has 1 unspecified atom stereocenters. The number of phenols is 1. The molecule has 0 aliphatic carbocycles. The van der Waals surface area contributed by atoms with E-state index in [4.69, 9.17) is 5.11 Å². The van der Waals surface area contributed by atoms with Gasteiger partial charge >= 0.3 is 5.97 Å². The molecular weight excluding hydrogens is 222 g/mol. The fraction of sp³-hybridized carbons (Fsp3) is 0.333. The number of hydrogen-bond acceptors (Lipinski definition) is 3. The number of carboxylic acid groups (broad SMARTS) is 1. The van der Waals surface area contributed by atoms with Crippen LogP contribution in [0.1, 0.15) is 22.8 Å². The van der Waals surface area contributed by atoms with E-state index in [1.807, 2.05) is 0 Å². The standard InChI is InChI=1S/C12H15NO4/c1-7-6-9(4-5-10(7)14)11(15)13(3)8(2)12(16)17/h4-6,8,14H,1-3H3,(H,16,17). The van der Waals surface area contributed by atoms with Gasteiger partial charge in [-0.15, -0.1) is 0 Å². The second-order valence-corrected chi connectivity index (χ2v) is 3.93. The first-order valence-electron chi connectivity index (χ1n) is 5.14. The normalized spacial score (nSPS) is 11.9. The Morgan fingerprint density at radius 3 is 2.41 bits per heavy atom. The number of aromatic hydroxyl groups is 1. The molecule has 0 saturated carbocycles. The largest absolute Gasteiger partial charge is 0.508 e. The summed E-state index contributed by atoms with van der Waals surface area (Å²) in [6.45, 7) is 3.11. The quantitative estimate of drug-likeness (QED) is 0.829. The van der Waals surface area contributed by atoms with Crippen LogP contribution < -0.4 is 0 Å². The molecule has 0 aliphatic rings. The average Bonchev–Trinajstić information content (AvgIpc) is 2.29. The number of hydrogen-bond donors (Lipinski definition) is 2. The van der Waals surface area contributed by atoms with Gasteiger partial charge in [-0.3, -0.25) is 4.79 Å². The highest BCUT2D eigenvalue weighted by molar-refractivity contribution is 5.96. The van der Waals surface area contributed by atoms with Crippen LogP contribution in [0.15, 0.2) is 18.2 Å². The highest BCUT2D eigenvalue weighted by Gasteiger charge is 2.22. The summed E-state index contributed by atoms with van der Waals surface area (Å²) in [5.74, 6) is -1.34. The summed E-state index contributed by atoms with van der Waals surface area (Å²) >= 11 is 0. The molecule has 1 atom stereocenters. The van der Waals surface area contributed by atoms with E-state index in [9.17, 15) is 14.7 Å². The minimum absolute atomic E-state index is 0.107. The van der Waals surface area contributed by atoms with Gasteiger partial charge < -0.3 is 15.1 Å². The number of phenolic OH excluding ortho intramolecular Hbond substituents is 1. The number of carbonyl (C=O) groups is 2. The molecule has 0 bridgehead atoms. The Morgan fingerprint density at radius 1 is 1.35 bits per heavy atom. The molecule has 0 saturated heterocycles. The monoisotopic (exact) mass is 237 g/mol. The molecule has 1 amide bonds. The Bertz CT molecular complexity index is 456. The van der Waals surface area contributed by atoms with Crippen LogP contribution in [-0.2, 0) is 4.79 Å². The molecule has 5 heteroatoms. The van der Waals surface area contributed by atoms with Crippen molar-refractivity contribution < 1.29 is 19.8 Å². The van der Waals surface area contributed by atoms with Crippen LogP contribution in [0.4, 0.5) is 0 Å². The number of rotatable bonds is 3. The van der Waals surface area contributed by atoms with E-state index in [-0.39, 0.29) is 11.7 Å². The highest BCUT2D eigenvalue weighted by Crippen LogP contribution is 2.18. The Labute approximate surface area is 99.3 Å². The van der Waals surface area contributed by atoms with Crippen molar-refractivity contribution in [3.8, 4) is 5.75 Å². The van der Waals surface area contributed by atoms with Crippen LogP contribution in [0.3, 0.4) is 0 Å². The zero-order chi connectivity index (χ0) is 13.2. The molecule has 1 aromatic rings. The molecule has 0 aliphatic heterocycles. The molecular formula is C12H15NO4. The minimum Gasteiger partial charge on any atom is -0.508 e. The van der Waals surface area contributed by atoms with Crippen LogP contribution in [0.25, 0.3) is 0 Å². The van der Waals surface area contributed by atoms with Crippen molar-refractivity contribution in [1.82, 2.24) is 4.90 Å². The molecule has 0 radical (unpaired) electrons. The van der Waals surface area contributed by atoms with E-state index in [0.717, 1.165) is 4.90 Å². The first kappa shape index (κ1) is 13.0. The number of aryl methyl sites for hydroxylation is 1. The van der Waals surface area contributed by atoms with Crippen molar-refractivity contribution in [2.24, 2.45) is 0 Å². The fourth-order valence-electron chi connectivity index (χ4n) is 1.33. The Hall–Kier alpha value is -2.04. The van der Waals surface area contributed by atoms with Crippen LogP contribution in [0.2, 0.25) is 0 Å². The van der Waals surface area contributed by atoms with E-state index in [0.29, 0.717) is 11.1 Å². The summed E-state index contributed by atoms with van der Waals surface area (Å²) in [6, 6.07) is 3.52. The molecule has 0 fully saturated rings. The summed E-state index contributed by atoms with van der Waals surface area (Å²) < 4.78 is 0. The third kappa shape index (κ3) is 2.75. The maximum absolute atomic E-state index is 11.9. The molecule has 92 valence electrons. The smallest absolute Gasteiger partial charge is 0.326 e. The SMILES string of the molecule is Cc1cc(C(=O)N(C)C(C)C(=O)O)ccc1O. The summed E-state index contributed by atoms with van der Waals surface area (Å²) in [5.41, 5.74) is 0.933. The lowest BCUT2D eigenvalue weighted by Crippen LogP contribution is -2.40. The van der Waals surface area contributed by atoms with Gasteiger partial charge in [-0.2, -0.15) is 0 Å². The van der Waals surface area contributed by atoms with Crippen molar-refractivity contribution >= 4 is 11.9 Å². The third-order valence-corrected chi connectivity index (χ3v) is 2.70. The van der Waals surface area contributed by atoms with Gasteiger partial charge in [0.1, 0.15) is 11.8 Å². The van der Waals surface area contributed by atoms with Gasteiger partial charge in [-0.25, -0.2) is 4.79 Å². The Kier molecular flexibility index (Phi) is 3.73. The maximum Gasteiger partial charge on any atom is 0.326 e. The lowest BCUT2D eigenvalue weighted by Gasteiger charge is -2.21. The molecule has 0 spiro atoms. The van der Waals surface area contributed by atoms with Gasteiger partial charge in [0.25, 0.3) is 5.91 Å². The van der Waals surface area contributed by atoms with E-state index in [1.54, 1.807) is 6.92 Å². The third-order valence-electron chi connectivity index (χ3n) is 2.70. The second-order valence-electron chi connectivity index (χ2n) is 3.93. The Morgan fingerprint density at radius 2 is 1.94 bits per heavy atom. The van der Waals surface area contributed by atoms with Crippen LogP contribution in [0, 0.1) is 6.92 Å². The van der Waals surface area contributed by atoms with Gasteiger partial charge in [0.15, 0.2) is 0 Å². The van der Waals surface area contributed by atoms with E-state index in [1.165, 1.54) is 32.2 Å². The summed E-state index contributed by atoms with van der Waals surface area (Å²) in [5, 5.41) is 18.2. The van der Waals surface area contributed by atoms with Gasteiger partial charge in [-0.1, -0.05) is 0 Å². The lowest BCUT2D eigenvalue weighted by atomic mass is 10.1. The number of nitrogens with zero attached hydrogens (tertiary/aromatic N) is 1. The molecule has 0 heterocycles. The van der Waals surface area contributed by atoms with Crippen molar-refractivity contribution in [3.63, 3.8) is 0 Å². The number of amides is 1. The summed E-state index contributed by atoms with van der Waals surface area (Å²) in [7, 11) is 1.43. The van der Waals surface area contributed by atoms with Crippen molar-refractivity contribution in [1.29, 1.82) is 0 Å². The molecule has 1 aromatic carbocycles. The van der Waals surface area contributed by atoms with Crippen LogP contribution in [0.5, 0.6) is 5.75 Å². The lowest BCUT2D eigenvalue weighted by molar-refractivity contribution is -0.141. The number of carbonyl (C=O) groups excluding carboxylic acids is 1. The van der Waals surface area contributed by atoms with Gasteiger partial charge in [-0.05, 0) is 37.6 Å². The van der Waals surface area contributed by atoms with Gasteiger partial charge in [0.05, 0.1) is 0 Å². The molecule has 1 rings (SSSR count). The molecule has 2 N–H and O–H groups in total. The number of carboxylic acids is 1. The van der Waals surface area contributed by atoms with Gasteiger partial charge in [0.2, 0.25) is 0 Å². The van der Waals surface area contributed by atoms with Crippen LogP contribution in [-0.4, -0.2) is 40.1 Å². The Balaban J connectivity index is 2.96. The van der Waals surface area contributed by atoms with Gasteiger partial charge in [0, 0.05) is 12.6 Å². The van der Waals surface area contributed by atoms with E-state index < -0.39 is 12.0 Å². The summed E-state index contributed by atoms with van der Waals surface area (Å²) in [4.78, 5) is 23.8. The van der Waals surface area contributed by atoms with Crippen molar-refractivity contribution in [2.75, 3.05) is 7.05 Å². The van der Waals surface area contributed by atoms with Crippen molar-refractivity contribution in [2.45, 2.75) is 19.9 Å². The number of likely N-dealkylation sites (N-methyl/N-ethyl adjacent to an activating group) is 1.